The van der Waals surface area contributed by atoms with E-state index in [4.69, 9.17) is 0 Å². The Hall–Kier alpha value is -0.800. The highest BCUT2D eigenvalue weighted by molar-refractivity contribution is 7.98. The highest BCUT2D eigenvalue weighted by Crippen LogP contribution is 2.30. The molecule has 0 spiro atoms. The number of rotatable bonds is 4. The van der Waals surface area contributed by atoms with Crippen LogP contribution in [-0.4, -0.2) is 36.1 Å². The van der Waals surface area contributed by atoms with Crippen LogP contribution < -0.4 is 0 Å². The molecule has 2 aliphatic rings. The molecule has 0 aromatic heterocycles. The second kappa shape index (κ2) is 7.65. The average molecular weight is 317 g/mol. The first-order valence-corrected chi connectivity index (χ1v) is 9.93. The van der Waals surface area contributed by atoms with Gasteiger partial charge in [-0.05, 0) is 44.6 Å². The summed E-state index contributed by atoms with van der Waals surface area (Å²) < 4.78 is 0. The van der Waals surface area contributed by atoms with Crippen LogP contribution in [0.1, 0.15) is 55.3 Å². The molecular weight excluding hydrogens is 290 g/mol. The van der Waals surface area contributed by atoms with Crippen LogP contribution in [0.5, 0.6) is 0 Å². The van der Waals surface area contributed by atoms with Gasteiger partial charge in [0.1, 0.15) is 0 Å². The number of thioether (sulfide) groups is 1. The second-order valence-electron chi connectivity index (χ2n) is 6.69. The lowest BCUT2D eigenvalue weighted by Crippen LogP contribution is -2.45. The molecule has 0 N–H and O–H groups in total. The summed E-state index contributed by atoms with van der Waals surface area (Å²) >= 11 is 1.68. The van der Waals surface area contributed by atoms with E-state index >= 15 is 0 Å². The van der Waals surface area contributed by atoms with Gasteiger partial charge in [-0.2, -0.15) is 0 Å². The maximum Gasteiger partial charge on any atom is 0.168 e. The van der Waals surface area contributed by atoms with Crippen LogP contribution in [-0.2, 0) is 0 Å². The number of hydrogen-bond donors (Lipinski definition) is 0. The lowest BCUT2D eigenvalue weighted by Gasteiger charge is -2.39. The van der Waals surface area contributed by atoms with Crippen LogP contribution in [0.25, 0.3) is 0 Å². The van der Waals surface area contributed by atoms with Gasteiger partial charge in [0.2, 0.25) is 0 Å². The summed E-state index contributed by atoms with van der Waals surface area (Å²) in [5.41, 5.74) is 0.936. The van der Waals surface area contributed by atoms with Crippen molar-refractivity contribution in [1.82, 2.24) is 4.90 Å². The standard InChI is InChI=1S/C19H27NOS/c1-22-18-12-6-5-11-17(18)19(21)15-8-7-13-20(14-15)16-9-3-2-4-10-16/h5-6,11-12,15-16H,2-4,7-10,13-14H2,1H3. The van der Waals surface area contributed by atoms with Gasteiger partial charge in [-0.15, -0.1) is 11.8 Å². The Bertz CT molecular complexity index is 510. The first-order chi connectivity index (χ1) is 10.8. The first-order valence-electron chi connectivity index (χ1n) is 8.71. The molecule has 1 aromatic carbocycles. The number of carbonyl (C=O) groups excluding carboxylic acids is 1. The molecule has 1 aliphatic carbocycles. The summed E-state index contributed by atoms with van der Waals surface area (Å²) in [5, 5.41) is 0. The lowest BCUT2D eigenvalue weighted by molar-refractivity contribution is 0.0695. The number of carbonyl (C=O) groups is 1. The van der Waals surface area contributed by atoms with Gasteiger partial charge in [0.05, 0.1) is 0 Å². The normalized spacial score (nSPS) is 24.3. The fraction of sp³-hybridized carbons (Fsp3) is 0.632. The van der Waals surface area contributed by atoms with E-state index < -0.39 is 0 Å². The quantitative estimate of drug-likeness (QED) is 0.596. The van der Waals surface area contributed by atoms with Crippen LogP contribution in [0.4, 0.5) is 0 Å². The van der Waals surface area contributed by atoms with Gasteiger partial charge in [-0.1, -0.05) is 37.5 Å². The molecule has 2 fully saturated rings. The molecule has 3 rings (SSSR count). The first kappa shape index (κ1) is 16.1. The summed E-state index contributed by atoms with van der Waals surface area (Å²) in [6.07, 6.45) is 11.1. The fourth-order valence-corrected chi connectivity index (χ4v) is 4.67. The van der Waals surface area contributed by atoms with Crippen molar-refractivity contribution in [1.29, 1.82) is 0 Å². The van der Waals surface area contributed by atoms with Gasteiger partial charge in [0.15, 0.2) is 5.78 Å². The van der Waals surface area contributed by atoms with Gasteiger partial charge < -0.3 is 0 Å². The van der Waals surface area contributed by atoms with Gasteiger partial charge >= 0.3 is 0 Å². The smallest absolute Gasteiger partial charge is 0.168 e. The average Bonchev–Trinajstić information content (AvgIpc) is 2.62. The summed E-state index contributed by atoms with van der Waals surface area (Å²) in [5.74, 6) is 0.564. The van der Waals surface area contributed by atoms with Crippen LogP contribution in [0.2, 0.25) is 0 Å². The van der Waals surface area contributed by atoms with Gasteiger partial charge in [0.25, 0.3) is 0 Å². The predicted octanol–water partition coefficient (Wildman–Crippen LogP) is 4.64. The molecule has 0 radical (unpaired) electrons. The number of Topliss-reactive ketones (excluding diaryl/α,β-unsaturated/α-hetero) is 1. The molecule has 0 amide bonds. The summed E-state index contributed by atoms with van der Waals surface area (Å²) in [4.78, 5) is 16.7. The molecule has 2 nitrogen and oxygen atoms in total. The van der Waals surface area contributed by atoms with Crippen molar-refractivity contribution >= 4 is 17.5 Å². The van der Waals surface area contributed by atoms with Crippen molar-refractivity contribution in [2.45, 2.75) is 55.9 Å². The lowest BCUT2D eigenvalue weighted by atomic mass is 9.87. The van der Waals surface area contributed by atoms with E-state index in [9.17, 15) is 4.79 Å². The van der Waals surface area contributed by atoms with Crippen molar-refractivity contribution in [3.8, 4) is 0 Å². The molecule has 1 aliphatic heterocycles. The summed E-state index contributed by atoms with van der Waals surface area (Å²) in [6, 6.07) is 8.83. The highest BCUT2D eigenvalue weighted by Gasteiger charge is 2.31. The zero-order chi connectivity index (χ0) is 15.4. The Morgan fingerprint density at radius 3 is 2.64 bits per heavy atom. The number of nitrogens with zero attached hydrogens (tertiary/aromatic N) is 1. The van der Waals surface area contributed by atoms with E-state index in [1.54, 1.807) is 11.8 Å². The molecule has 3 heteroatoms. The largest absolute Gasteiger partial charge is 0.300 e. The van der Waals surface area contributed by atoms with E-state index in [0.717, 1.165) is 29.5 Å². The third kappa shape index (κ3) is 3.57. The number of ketones is 1. The molecule has 1 heterocycles. The molecule has 22 heavy (non-hydrogen) atoms. The van der Waals surface area contributed by atoms with Gasteiger partial charge in [-0.3, -0.25) is 9.69 Å². The van der Waals surface area contributed by atoms with E-state index in [2.05, 4.69) is 17.2 Å². The molecule has 1 saturated heterocycles. The van der Waals surface area contributed by atoms with E-state index in [1.165, 1.54) is 45.1 Å². The summed E-state index contributed by atoms with van der Waals surface area (Å²) in [7, 11) is 0. The molecule has 1 atom stereocenters. The van der Waals surface area contributed by atoms with Crippen molar-refractivity contribution in [3.05, 3.63) is 29.8 Å². The molecule has 1 saturated carbocycles. The van der Waals surface area contributed by atoms with E-state index in [0.29, 0.717) is 5.78 Å². The molecule has 0 bridgehead atoms. The molecule has 120 valence electrons. The third-order valence-electron chi connectivity index (χ3n) is 5.29. The van der Waals surface area contributed by atoms with Crippen LogP contribution in [0.3, 0.4) is 0 Å². The Morgan fingerprint density at radius 1 is 1.09 bits per heavy atom. The Morgan fingerprint density at radius 2 is 1.86 bits per heavy atom. The minimum atomic E-state index is 0.198. The van der Waals surface area contributed by atoms with Crippen LogP contribution in [0, 0.1) is 5.92 Å². The molecule has 1 unspecified atom stereocenters. The minimum Gasteiger partial charge on any atom is -0.300 e. The number of hydrogen-bond acceptors (Lipinski definition) is 3. The van der Waals surface area contributed by atoms with Crippen molar-refractivity contribution in [2.24, 2.45) is 5.92 Å². The van der Waals surface area contributed by atoms with Crippen LogP contribution in [0.15, 0.2) is 29.2 Å². The zero-order valence-corrected chi connectivity index (χ0v) is 14.4. The predicted molar refractivity (Wildman–Crippen MR) is 93.7 cm³/mol. The fourth-order valence-electron chi connectivity index (χ4n) is 4.07. The van der Waals surface area contributed by atoms with E-state index in [-0.39, 0.29) is 5.92 Å². The SMILES string of the molecule is CSc1ccccc1C(=O)C1CCCN(C2CCCCC2)C1. The van der Waals surface area contributed by atoms with Gasteiger partial charge in [-0.25, -0.2) is 0 Å². The van der Waals surface area contributed by atoms with Crippen molar-refractivity contribution in [3.63, 3.8) is 0 Å². The van der Waals surface area contributed by atoms with Crippen molar-refractivity contribution in [2.75, 3.05) is 19.3 Å². The second-order valence-corrected chi connectivity index (χ2v) is 7.54. The zero-order valence-electron chi connectivity index (χ0n) is 13.6. The highest BCUT2D eigenvalue weighted by atomic mass is 32.2. The van der Waals surface area contributed by atoms with Gasteiger partial charge in [0, 0.05) is 29.0 Å². The van der Waals surface area contributed by atoms with Crippen molar-refractivity contribution < 1.29 is 4.79 Å². The van der Waals surface area contributed by atoms with Crippen LogP contribution >= 0.6 is 11.8 Å². The Labute approximate surface area is 138 Å². The van der Waals surface area contributed by atoms with E-state index in [1.807, 2.05) is 18.2 Å². The molecular formula is C19H27NOS. The molecule has 1 aromatic rings. The maximum absolute atomic E-state index is 13.0. The maximum atomic E-state index is 13.0. The monoisotopic (exact) mass is 317 g/mol. The number of likely N-dealkylation sites (tertiary alicyclic amines) is 1. The topological polar surface area (TPSA) is 20.3 Å². The number of benzene rings is 1. The minimum absolute atomic E-state index is 0.198. The summed E-state index contributed by atoms with van der Waals surface area (Å²) in [6.45, 7) is 2.17. The Kier molecular flexibility index (Phi) is 5.59. The Balaban J connectivity index is 1.69. The number of piperidine rings is 1. The third-order valence-corrected chi connectivity index (χ3v) is 6.08.